The number of carbonyl (C=O) groups is 1. The van der Waals surface area contributed by atoms with Crippen LogP contribution in [0.15, 0.2) is 36.4 Å². The molecular formula is C14H11Cl3N2O. The number of hydrogen-bond donors (Lipinski definition) is 0. The average molecular weight is 330 g/mol. The van der Waals surface area contributed by atoms with Gasteiger partial charge in [0.05, 0.1) is 5.02 Å². The van der Waals surface area contributed by atoms with E-state index in [1.54, 1.807) is 25.2 Å². The standard InChI is InChI=1S/C14H11Cl3N2O/c1-19(8-9-3-2-4-10(15)7-9)14(20)13-11(16)5-6-12(17)18-13/h2-7H,8H2,1H3. The summed E-state index contributed by atoms with van der Waals surface area (Å²) in [6.07, 6.45) is 0. The maximum Gasteiger partial charge on any atom is 0.274 e. The molecule has 0 unspecified atom stereocenters. The predicted octanol–water partition coefficient (Wildman–Crippen LogP) is 4.31. The zero-order chi connectivity index (χ0) is 14.7. The molecule has 0 saturated carbocycles. The van der Waals surface area contributed by atoms with Crippen LogP contribution in [0, 0.1) is 0 Å². The number of hydrogen-bond acceptors (Lipinski definition) is 2. The minimum Gasteiger partial charge on any atom is -0.336 e. The van der Waals surface area contributed by atoms with Crippen molar-refractivity contribution in [2.24, 2.45) is 0 Å². The van der Waals surface area contributed by atoms with Crippen LogP contribution in [0.5, 0.6) is 0 Å². The molecule has 0 aliphatic carbocycles. The Morgan fingerprint density at radius 2 is 1.95 bits per heavy atom. The molecule has 1 amide bonds. The summed E-state index contributed by atoms with van der Waals surface area (Å²) >= 11 is 17.7. The summed E-state index contributed by atoms with van der Waals surface area (Å²) < 4.78 is 0. The van der Waals surface area contributed by atoms with Crippen molar-refractivity contribution >= 4 is 40.7 Å². The molecule has 1 heterocycles. The Labute approximate surface area is 132 Å². The molecule has 0 fully saturated rings. The van der Waals surface area contributed by atoms with E-state index in [4.69, 9.17) is 34.8 Å². The second-order valence-corrected chi connectivity index (χ2v) is 5.49. The zero-order valence-corrected chi connectivity index (χ0v) is 12.9. The number of pyridine rings is 1. The van der Waals surface area contributed by atoms with E-state index in [9.17, 15) is 4.79 Å². The van der Waals surface area contributed by atoms with E-state index in [2.05, 4.69) is 4.98 Å². The van der Waals surface area contributed by atoms with Gasteiger partial charge in [-0.2, -0.15) is 0 Å². The lowest BCUT2D eigenvalue weighted by Crippen LogP contribution is -2.27. The molecule has 0 spiro atoms. The minimum absolute atomic E-state index is 0.142. The average Bonchev–Trinajstić information content (AvgIpc) is 2.40. The Bertz CT molecular complexity index is 646. The number of amides is 1. The van der Waals surface area contributed by atoms with Crippen LogP contribution < -0.4 is 0 Å². The largest absolute Gasteiger partial charge is 0.336 e. The fourth-order valence-corrected chi connectivity index (χ4v) is 2.28. The van der Waals surface area contributed by atoms with Crippen LogP contribution in [0.2, 0.25) is 15.2 Å². The summed E-state index contributed by atoms with van der Waals surface area (Å²) in [7, 11) is 1.67. The van der Waals surface area contributed by atoms with Gasteiger partial charge in [-0.05, 0) is 29.8 Å². The minimum atomic E-state index is -0.294. The van der Waals surface area contributed by atoms with Crippen LogP contribution in [0.3, 0.4) is 0 Å². The quantitative estimate of drug-likeness (QED) is 0.786. The van der Waals surface area contributed by atoms with E-state index >= 15 is 0 Å². The molecule has 0 saturated heterocycles. The fraction of sp³-hybridized carbons (Fsp3) is 0.143. The van der Waals surface area contributed by atoms with Gasteiger partial charge in [0.2, 0.25) is 0 Å². The number of halogens is 3. The third-order valence-corrected chi connectivity index (χ3v) is 3.42. The topological polar surface area (TPSA) is 33.2 Å². The van der Waals surface area contributed by atoms with Crippen LogP contribution in [-0.4, -0.2) is 22.8 Å². The van der Waals surface area contributed by atoms with Crippen molar-refractivity contribution in [1.29, 1.82) is 0 Å². The lowest BCUT2D eigenvalue weighted by atomic mass is 10.2. The molecule has 0 bridgehead atoms. The van der Waals surface area contributed by atoms with Crippen molar-refractivity contribution in [3.63, 3.8) is 0 Å². The first-order valence-corrected chi connectivity index (χ1v) is 6.92. The normalized spacial score (nSPS) is 10.4. The van der Waals surface area contributed by atoms with Gasteiger partial charge in [0.1, 0.15) is 10.8 Å². The zero-order valence-electron chi connectivity index (χ0n) is 10.6. The summed E-state index contributed by atoms with van der Waals surface area (Å²) in [6.45, 7) is 0.407. The third kappa shape index (κ3) is 3.63. The van der Waals surface area contributed by atoms with Gasteiger partial charge in [-0.3, -0.25) is 4.79 Å². The smallest absolute Gasteiger partial charge is 0.274 e. The van der Waals surface area contributed by atoms with Crippen LogP contribution in [-0.2, 0) is 6.54 Å². The molecule has 3 nitrogen and oxygen atoms in total. The molecule has 0 aliphatic heterocycles. The van der Waals surface area contributed by atoms with Gasteiger partial charge in [0.25, 0.3) is 5.91 Å². The number of aromatic nitrogens is 1. The van der Waals surface area contributed by atoms with E-state index in [-0.39, 0.29) is 21.8 Å². The van der Waals surface area contributed by atoms with Crippen LogP contribution >= 0.6 is 34.8 Å². The van der Waals surface area contributed by atoms with Gasteiger partial charge >= 0.3 is 0 Å². The van der Waals surface area contributed by atoms with Gasteiger partial charge in [-0.25, -0.2) is 4.98 Å². The van der Waals surface area contributed by atoms with Crippen LogP contribution in [0.25, 0.3) is 0 Å². The monoisotopic (exact) mass is 328 g/mol. The van der Waals surface area contributed by atoms with Crippen LogP contribution in [0.4, 0.5) is 0 Å². The molecule has 1 aromatic carbocycles. The van der Waals surface area contributed by atoms with E-state index in [0.717, 1.165) is 5.56 Å². The van der Waals surface area contributed by atoms with Gasteiger partial charge in [0.15, 0.2) is 0 Å². The number of carbonyl (C=O) groups excluding carboxylic acids is 1. The SMILES string of the molecule is CN(Cc1cccc(Cl)c1)C(=O)c1nc(Cl)ccc1Cl. The van der Waals surface area contributed by atoms with E-state index in [1.807, 2.05) is 12.1 Å². The molecule has 0 aliphatic rings. The van der Waals surface area contributed by atoms with Gasteiger partial charge in [-0.15, -0.1) is 0 Å². The molecule has 6 heteroatoms. The van der Waals surface area contributed by atoms with Gasteiger partial charge < -0.3 is 4.90 Å². The summed E-state index contributed by atoms with van der Waals surface area (Å²) in [5, 5.41) is 1.13. The van der Waals surface area contributed by atoms with Crippen molar-refractivity contribution < 1.29 is 4.79 Å². The number of rotatable bonds is 3. The first kappa shape index (κ1) is 15.1. The van der Waals surface area contributed by atoms with E-state index < -0.39 is 0 Å². The fourth-order valence-electron chi connectivity index (χ4n) is 1.73. The lowest BCUT2D eigenvalue weighted by molar-refractivity contribution is 0.0779. The molecule has 2 rings (SSSR count). The summed E-state index contributed by atoms with van der Waals surface area (Å²) in [5.41, 5.74) is 1.06. The van der Waals surface area contributed by atoms with Gasteiger partial charge in [0, 0.05) is 18.6 Å². The van der Waals surface area contributed by atoms with Crippen molar-refractivity contribution in [3.05, 3.63) is 62.9 Å². The predicted molar refractivity (Wildman–Crippen MR) is 81.5 cm³/mol. The second-order valence-electron chi connectivity index (χ2n) is 4.26. The van der Waals surface area contributed by atoms with Crippen molar-refractivity contribution in [1.82, 2.24) is 9.88 Å². The molecule has 2 aromatic rings. The molecule has 1 aromatic heterocycles. The first-order chi connectivity index (χ1) is 9.47. The van der Waals surface area contributed by atoms with Crippen molar-refractivity contribution in [3.8, 4) is 0 Å². The van der Waals surface area contributed by atoms with Crippen LogP contribution in [0.1, 0.15) is 16.1 Å². The van der Waals surface area contributed by atoms with E-state index in [1.165, 1.54) is 11.0 Å². The third-order valence-electron chi connectivity index (χ3n) is 2.67. The Kier molecular flexibility index (Phi) is 4.86. The summed E-state index contributed by atoms with van der Waals surface area (Å²) in [4.78, 5) is 17.8. The molecule has 0 N–H and O–H groups in total. The highest BCUT2D eigenvalue weighted by Gasteiger charge is 2.17. The van der Waals surface area contributed by atoms with Crippen molar-refractivity contribution in [2.75, 3.05) is 7.05 Å². The van der Waals surface area contributed by atoms with Crippen molar-refractivity contribution in [2.45, 2.75) is 6.54 Å². The maximum atomic E-state index is 12.3. The second kappa shape index (κ2) is 6.44. The first-order valence-electron chi connectivity index (χ1n) is 5.79. The molecule has 0 atom stereocenters. The Morgan fingerprint density at radius 3 is 2.65 bits per heavy atom. The Hall–Kier alpha value is -1.29. The summed E-state index contributed by atoms with van der Waals surface area (Å²) in [5.74, 6) is -0.294. The van der Waals surface area contributed by atoms with Gasteiger partial charge in [-0.1, -0.05) is 46.9 Å². The maximum absolute atomic E-state index is 12.3. The number of nitrogens with zero attached hydrogens (tertiary/aromatic N) is 2. The Balaban J connectivity index is 2.18. The highest BCUT2D eigenvalue weighted by Crippen LogP contribution is 2.19. The van der Waals surface area contributed by atoms with E-state index in [0.29, 0.717) is 11.6 Å². The lowest BCUT2D eigenvalue weighted by Gasteiger charge is -2.17. The highest BCUT2D eigenvalue weighted by atomic mass is 35.5. The number of benzene rings is 1. The molecule has 104 valence electrons. The molecule has 0 radical (unpaired) electrons. The summed E-state index contributed by atoms with van der Waals surface area (Å²) in [6, 6.07) is 10.4. The molecule has 20 heavy (non-hydrogen) atoms. The highest BCUT2D eigenvalue weighted by molar-refractivity contribution is 6.34. The molecular weight excluding hydrogens is 319 g/mol. The Morgan fingerprint density at radius 1 is 1.20 bits per heavy atom.